The third kappa shape index (κ3) is 1.45. The summed E-state index contributed by atoms with van der Waals surface area (Å²) in [4.78, 5) is 39.8. The summed E-state index contributed by atoms with van der Waals surface area (Å²) in [6, 6.07) is -2.07. The minimum atomic E-state index is -2.74. The van der Waals surface area contributed by atoms with Gasteiger partial charge in [-0.05, 0) is 5.18 Å². The molecule has 2 atom stereocenters. The molecule has 0 saturated carbocycles. The van der Waals surface area contributed by atoms with Crippen molar-refractivity contribution in [3.8, 4) is 0 Å². The van der Waals surface area contributed by atoms with Crippen LogP contribution in [0, 0.1) is 30.0 Å². The summed E-state index contributed by atoms with van der Waals surface area (Å²) in [5.74, 6) is 0. The van der Waals surface area contributed by atoms with Crippen LogP contribution in [0.15, 0.2) is 34.3 Å². The molecule has 1 rings (SSSR count). The second-order valence-corrected chi connectivity index (χ2v) is 2.85. The number of nitro groups is 2. The monoisotopic (exact) mass is 228 g/mol. The molecule has 0 aromatic heterocycles. The summed E-state index contributed by atoms with van der Waals surface area (Å²) in [6.07, 6.45) is 2.47. The predicted molar refractivity (Wildman–Crippen MR) is 49.3 cm³/mol. The van der Waals surface area contributed by atoms with Crippen molar-refractivity contribution in [1.29, 1.82) is 0 Å². The Balaban J connectivity index is 3.35. The molecular weight excluding hydrogens is 224 g/mol. The average molecular weight is 228 g/mol. The SMILES string of the molecule is O=NC1C([N+](=O)[O-])=CC=CC1(N=O)[N+](=O)[O-]. The summed E-state index contributed by atoms with van der Waals surface area (Å²) in [5, 5.41) is 25.6. The molecule has 0 saturated heterocycles. The lowest BCUT2D eigenvalue weighted by Crippen LogP contribution is -2.48. The smallest absolute Gasteiger partial charge is 0.262 e. The Hall–Kier alpha value is -2.52. The summed E-state index contributed by atoms with van der Waals surface area (Å²) < 4.78 is 0. The molecule has 0 aromatic carbocycles. The van der Waals surface area contributed by atoms with E-state index in [0.717, 1.165) is 12.2 Å². The lowest BCUT2D eigenvalue weighted by molar-refractivity contribution is -0.562. The van der Waals surface area contributed by atoms with E-state index in [1.54, 1.807) is 0 Å². The molecule has 0 aromatic rings. The van der Waals surface area contributed by atoms with Gasteiger partial charge in [-0.25, -0.2) is 0 Å². The van der Waals surface area contributed by atoms with Gasteiger partial charge < -0.3 is 0 Å². The number of rotatable bonds is 4. The molecule has 10 heteroatoms. The maximum atomic E-state index is 10.7. The minimum absolute atomic E-state index is 0.694. The zero-order valence-corrected chi connectivity index (χ0v) is 7.55. The summed E-state index contributed by atoms with van der Waals surface area (Å²) >= 11 is 0. The number of hydrogen-bond acceptors (Lipinski definition) is 8. The first kappa shape index (κ1) is 11.6. The molecule has 1 aliphatic carbocycles. The summed E-state index contributed by atoms with van der Waals surface area (Å²) in [5.41, 5.74) is -3.58. The molecule has 16 heavy (non-hydrogen) atoms. The van der Waals surface area contributed by atoms with Crippen LogP contribution in [0.1, 0.15) is 0 Å². The number of nitroso groups, excluding NO2 is 2. The van der Waals surface area contributed by atoms with Gasteiger partial charge in [0.25, 0.3) is 11.7 Å². The molecule has 2 unspecified atom stereocenters. The van der Waals surface area contributed by atoms with Gasteiger partial charge >= 0.3 is 5.66 Å². The zero-order valence-electron chi connectivity index (χ0n) is 7.55. The molecule has 0 aliphatic heterocycles. The standard InChI is InChI=1S/C6H4N4O6/c11-7-5-4(9(13)14)2-1-3-6(5,8-12)10(15)16/h1-3,5H. The molecule has 0 fully saturated rings. The largest absolute Gasteiger partial charge is 0.403 e. The molecule has 0 bridgehead atoms. The van der Waals surface area contributed by atoms with Crippen molar-refractivity contribution in [1.82, 2.24) is 0 Å². The summed E-state index contributed by atoms with van der Waals surface area (Å²) in [7, 11) is 0. The van der Waals surface area contributed by atoms with Gasteiger partial charge in [0.1, 0.15) is 0 Å². The van der Waals surface area contributed by atoms with Gasteiger partial charge in [-0.15, -0.1) is 9.81 Å². The second kappa shape index (κ2) is 3.92. The van der Waals surface area contributed by atoms with Crippen molar-refractivity contribution >= 4 is 0 Å². The Morgan fingerprint density at radius 1 is 1.31 bits per heavy atom. The van der Waals surface area contributed by atoms with E-state index in [0.29, 0.717) is 6.08 Å². The highest BCUT2D eigenvalue weighted by atomic mass is 16.6. The predicted octanol–water partition coefficient (Wildman–Crippen LogP) is 0.591. The molecule has 0 radical (unpaired) electrons. The molecule has 0 N–H and O–H groups in total. The van der Waals surface area contributed by atoms with Crippen LogP contribution in [0.4, 0.5) is 0 Å². The first-order valence-corrected chi connectivity index (χ1v) is 3.85. The van der Waals surface area contributed by atoms with Gasteiger partial charge in [0.05, 0.1) is 9.85 Å². The third-order valence-electron chi connectivity index (χ3n) is 2.05. The number of allylic oxidation sites excluding steroid dienone is 2. The van der Waals surface area contributed by atoms with Crippen LogP contribution in [0.25, 0.3) is 0 Å². The first-order chi connectivity index (χ1) is 7.49. The van der Waals surface area contributed by atoms with E-state index in [2.05, 4.69) is 10.4 Å². The van der Waals surface area contributed by atoms with E-state index in [1.165, 1.54) is 0 Å². The highest BCUT2D eigenvalue weighted by Crippen LogP contribution is 2.30. The van der Waals surface area contributed by atoms with Crippen molar-refractivity contribution in [2.75, 3.05) is 0 Å². The van der Waals surface area contributed by atoms with E-state index in [9.17, 15) is 30.0 Å². The molecule has 0 heterocycles. The Morgan fingerprint density at radius 3 is 2.31 bits per heavy atom. The lowest BCUT2D eigenvalue weighted by atomic mass is 9.94. The Bertz CT molecular complexity index is 429. The zero-order chi connectivity index (χ0) is 12.3. The fraction of sp³-hybridized carbons (Fsp3) is 0.333. The van der Waals surface area contributed by atoms with Crippen molar-refractivity contribution in [3.63, 3.8) is 0 Å². The molecule has 10 nitrogen and oxygen atoms in total. The van der Waals surface area contributed by atoms with Crippen LogP contribution in [0.5, 0.6) is 0 Å². The Labute approximate surface area is 86.9 Å². The molecule has 84 valence electrons. The van der Waals surface area contributed by atoms with Crippen LogP contribution in [-0.2, 0) is 0 Å². The fourth-order valence-corrected chi connectivity index (χ4v) is 1.25. The van der Waals surface area contributed by atoms with Crippen LogP contribution < -0.4 is 0 Å². The van der Waals surface area contributed by atoms with Crippen molar-refractivity contribution in [3.05, 3.63) is 54.0 Å². The average Bonchev–Trinajstić information content (AvgIpc) is 2.27. The first-order valence-electron chi connectivity index (χ1n) is 3.85. The van der Waals surface area contributed by atoms with Crippen LogP contribution >= 0.6 is 0 Å². The molecule has 1 aliphatic rings. The molecule has 0 spiro atoms. The fourth-order valence-electron chi connectivity index (χ4n) is 1.25. The van der Waals surface area contributed by atoms with E-state index < -0.39 is 27.2 Å². The maximum absolute atomic E-state index is 10.7. The normalized spacial score (nSPS) is 28.0. The Kier molecular flexibility index (Phi) is 2.83. The summed E-state index contributed by atoms with van der Waals surface area (Å²) in [6.45, 7) is 0. The molecule has 0 amide bonds. The quantitative estimate of drug-likeness (QED) is 0.391. The van der Waals surface area contributed by atoms with E-state index in [4.69, 9.17) is 0 Å². The van der Waals surface area contributed by atoms with E-state index in [1.807, 2.05) is 0 Å². The minimum Gasteiger partial charge on any atom is -0.262 e. The van der Waals surface area contributed by atoms with E-state index >= 15 is 0 Å². The van der Waals surface area contributed by atoms with Gasteiger partial charge in [0.15, 0.2) is 0 Å². The maximum Gasteiger partial charge on any atom is 0.403 e. The highest BCUT2D eigenvalue weighted by molar-refractivity contribution is 5.28. The van der Waals surface area contributed by atoms with Crippen LogP contribution in [-0.4, -0.2) is 21.6 Å². The van der Waals surface area contributed by atoms with Gasteiger partial charge in [-0.2, -0.15) is 0 Å². The van der Waals surface area contributed by atoms with Gasteiger partial charge in [-0.3, -0.25) is 20.2 Å². The Morgan fingerprint density at radius 2 is 1.94 bits per heavy atom. The molecular formula is C6H4N4O6. The van der Waals surface area contributed by atoms with Gasteiger partial charge in [0, 0.05) is 17.3 Å². The van der Waals surface area contributed by atoms with E-state index in [-0.39, 0.29) is 0 Å². The number of nitrogens with zero attached hydrogens (tertiary/aromatic N) is 4. The van der Waals surface area contributed by atoms with Crippen LogP contribution in [0.2, 0.25) is 0 Å². The van der Waals surface area contributed by atoms with Crippen molar-refractivity contribution in [2.24, 2.45) is 10.4 Å². The van der Waals surface area contributed by atoms with Crippen molar-refractivity contribution in [2.45, 2.75) is 11.7 Å². The highest BCUT2D eigenvalue weighted by Gasteiger charge is 2.59. The third-order valence-corrected chi connectivity index (χ3v) is 2.05. The topological polar surface area (TPSA) is 145 Å². The van der Waals surface area contributed by atoms with Gasteiger partial charge in [-0.1, -0.05) is 6.08 Å². The van der Waals surface area contributed by atoms with Crippen LogP contribution in [0.3, 0.4) is 0 Å². The van der Waals surface area contributed by atoms with Crippen molar-refractivity contribution < 1.29 is 9.85 Å². The lowest BCUT2D eigenvalue weighted by Gasteiger charge is -2.18. The number of hydrogen-bond donors (Lipinski definition) is 0. The van der Waals surface area contributed by atoms with Gasteiger partial charge in [0.2, 0.25) is 0 Å². The second-order valence-electron chi connectivity index (χ2n) is 2.85.